The lowest BCUT2D eigenvalue weighted by molar-refractivity contribution is -0.114. The Morgan fingerprint density at radius 2 is 1.81 bits per heavy atom. The molecule has 0 unspecified atom stereocenters. The molecule has 0 radical (unpaired) electrons. The van der Waals surface area contributed by atoms with Gasteiger partial charge in [-0.2, -0.15) is 0 Å². The van der Waals surface area contributed by atoms with E-state index in [0.717, 1.165) is 12.0 Å². The number of hydrogen-bond donors (Lipinski definition) is 2. The fraction of sp³-hybridized carbons (Fsp3) is 0.300. The normalized spacial score (nSPS) is 10.1. The second-order valence-corrected chi connectivity index (χ2v) is 5.93. The third-order valence-electron chi connectivity index (χ3n) is 3.76. The van der Waals surface area contributed by atoms with Crippen LogP contribution >= 0.6 is 0 Å². The van der Waals surface area contributed by atoms with Gasteiger partial charge in [0.1, 0.15) is 5.75 Å². The van der Waals surface area contributed by atoms with Gasteiger partial charge in [0.05, 0.1) is 12.8 Å². The van der Waals surface area contributed by atoms with Crippen LogP contribution in [0.3, 0.4) is 0 Å². The number of carbonyl (C=O) groups is 2. The molecule has 0 aliphatic heterocycles. The first-order valence-corrected chi connectivity index (χ1v) is 8.59. The lowest BCUT2D eigenvalue weighted by atomic mass is 10.2. The van der Waals surface area contributed by atoms with Gasteiger partial charge in [-0.3, -0.25) is 4.79 Å². The Morgan fingerprint density at radius 3 is 2.42 bits per heavy atom. The summed E-state index contributed by atoms with van der Waals surface area (Å²) < 4.78 is 5.32. The molecule has 0 atom stereocenters. The molecular weight excluding hydrogens is 330 g/mol. The summed E-state index contributed by atoms with van der Waals surface area (Å²) in [4.78, 5) is 25.8. The van der Waals surface area contributed by atoms with E-state index in [-0.39, 0.29) is 11.9 Å². The highest BCUT2D eigenvalue weighted by Crippen LogP contribution is 2.28. The number of urea groups is 1. The van der Waals surface area contributed by atoms with Crippen molar-refractivity contribution in [2.45, 2.75) is 26.8 Å². The number of methoxy groups -OCH3 is 1. The molecule has 2 aromatic carbocycles. The van der Waals surface area contributed by atoms with Crippen molar-refractivity contribution in [3.8, 4) is 5.75 Å². The highest BCUT2D eigenvalue weighted by molar-refractivity contribution is 5.94. The van der Waals surface area contributed by atoms with Gasteiger partial charge in [0.25, 0.3) is 0 Å². The van der Waals surface area contributed by atoms with Crippen molar-refractivity contribution in [1.82, 2.24) is 4.90 Å². The smallest absolute Gasteiger partial charge is 0.322 e. The first kappa shape index (κ1) is 19.3. The van der Waals surface area contributed by atoms with Gasteiger partial charge >= 0.3 is 6.03 Å². The zero-order chi connectivity index (χ0) is 18.9. The number of hydrogen-bond acceptors (Lipinski definition) is 3. The average Bonchev–Trinajstić information content (AvgIpc) is 2.62. The van der Waals surface area contributed by atoms with Crippen LogP contribution in [0.25, 0.3) is 0 Å². The lowest BCUT2D eigenvalue weighted by Gasteiger charge is -2.23. The average molecular weight is 355 g/mol. The molecule has 26 heavy (non-hydrogen) atoms. The van der Waals surface area contributed by atoms with E-state index in [0.29, 0.717) is 30.2 Å². The van der Waals surface area contributed by atoms with Gasteiger partial charge in [-0.15, -0.1) is 0 Å². The van der Waals surface area contributed by atoms with Gasteiger partial charge < -0.3 is 20.3 Å². The van der Waals surface area contributed by atoms with Crippen molar-refractivity contribution in [1.29, 1.82) is 0 Å². The van der Waals surface area contributed by atoms with Crippen LogP contribution in [0.15, 0.2) is 48.5 Å². The fourth-order valence-electron chi connectivity index (χ4n) is 2.61. The largest absolute Gasteiger partial charge is 0.495 e. The van der Waals surface area contributed by atoms with Crippen LogP contribution in [-0.2, 0) is 11.3 Å². The fourth-order valence-corrected chi connectivity index (χ4v) is 2.61. The van der Waals surface area contributed by atoms with Gasteiger partial charge in [0.15, 0.2) is 0 Å². The maximum atomic E-state index is 12.8. The molecule has 0 aliphatic rings. The minimum absolute atomic E-state index is 0.177. The zero-order valence-electron chi connectivity index (χ0n) is 15.4. The number of nitrogens with zero attached hydrogens (tertiary/aromatic N) is 1. The number of nitrogens with one attached hydrogen (secondary N) is 2. The van der Waals surface area contributed by atoms with Crippen LogP contribution in [0.5, 0.6) is 5.75 Å². The summed E-state index contributed by atoms with van der Waals surface area (Å²) in [5, 5.41) is 5.60. The monoisotopic (exact) mass is 355 g/mol. The molecular formula is C20H25N3O3. The van der Waals surface area contributed by atoms with Crippen molar-refractivity contribution < 1.29 is 14.3 Å². The van der Waals surface area contributed by atoms with E-state index < -0.39 is 0 Å². The van der Waals surface area contributed by atoms with Gasteiger partial charge in [0.2, 0.25) is 5.91 Å². The molecule has 0 saturated heterocycles. The summed E-state index contributed by atoms with van der Waals surface area (Å²) in [5.74, 6) is 0.354. The van der Waals surface area contributed by atoms with E-state index in [1.807, 2.05) is 37.3 Å². The summed E-state index contributed by atoms with van der Waals surface area (Å²) in [6.45, 7) is 4.62. The van der Waals surface area contributed by atoms with Crippen LogP contribution < -0.4 is 15.4 Å². The van der Waals surface area contributed by atoms with Gasteiger partial charge in [-0.1, -0.05) is 37.3 Å². The Labute approximate surface area is 154 Å². The SMILES string of the molecule is CCCN(Cc1ccccc1)C(=O)Nc1cc(NC(C)=O)ccc1OC. The van der Waals surface area contributed by atoms with E-state index in [9.17, 15) is 9.59 Å². The minimum Gasteiger partial charge on any atom is -0.495 e. The maximum Gasteiger partial charge on any atom is 0.322 e. The zero-order valence-corrected chi connectivity index (χ0v) is 15.4. The summed E-state index contributed by atoms with van der Waals surface area (Å²) in [5.41, 5.74) is 2.17. The molecule has 0 spiro atoms. The van der Waals surface area contributed by atoms with Crippen molar-refractivity contribution >= 4 is 23.3 Å². The third kappa shape index (κ3) is 5.51. The third-order valence-corrected chi connectivity index (χ3v) is 3.76. The van der Waals surface area contributed by atoms with E-state index >= 15 is 0 Å². The molecule has 6 heteroatoms. The Kier molecular flexibility index (Phi) is 7.02. The first-order valence-electron chi connectivity index (χ1n) is 8.59. The number of carbonyl (C=O) groups excluding carboxylic acids is 2. The molecule has 2 rings (SSSR count). The predicted molar refractivity (Wildman–Crippen MR) is 103 cm³/mol. The standard InChI is InChI=1S/C20H25N3O3/c1-4-12-23(14-16-8-6-5-7-9-16)20(25)22-18-13-17(21-15(2)24)10-11-19(18)26-3/h5-11,13H,4,12,14H2,1-3H3,(H,21,24)(H,22,25). The lowest BCUT2D eigenvalue weighted by Crippen LogP contribution is -2.35. The number of ether oxygens (including phenoxy) is 1. The summed E-state index contributed by atoms with van der Waals surface area (Å²) in [7, 11) is 1.54. The van der Waals surface area contributed by atoms with E-state index in [1.54, 1.807) is 23.1 Å². The van der Waals surface area contributed by atoms with E-state index in [1.165, 1.54) is 14.0 Å². The van der Waals surface area contributed by atoms with Crippen LogP contribution in [0.2, 0.25) is 0 Å². The molecule has 2 aromatic rings. The van der Waals surface area contributed by atoms with Crippen LogP contribution in [0, 0.1) is 0 Å². The highest BCUT2D eigenvalue weighted by atomic mass is 16.5. The molecule has 138 valence electrons. The Bertz CT molecular complexity index is 747. The number of benzene rings is 2. The molecule has 0 aliphatic carbocycles. The quantitative estimate of drug-likeness (QED) is 0.785. The molecule has 6 nitrogen and oxygen atoms in total. The van der Waals surface area contributed by atoms with Gasteiger partial charge in [-0.25, -0.2) is 4.79 Å². The maximum absolute atomic E-state index is 12.8. The van der Waals surface area contributed by atoms with Crippen LogP contribution in [-0.4, -0.2) is 30.5 Å². The summed E-state index contributed by atoms with van der Waals surface area (Å²) in [6.07, 6.45) is 0.851. The molecule has 0 fully saturated rings. The van der Waals surface area contributed by atoms with E-state index in [4.69, 9.17) is 4.74 Å². The van der Waals surface area contributed by atoms with Crippen molar-refractivity contribution in [3.05, 3.63) is 54.1 Å². The Hall–Kier alpha value is -3.02. The minimum atomic E-state index is -0.214. The van der Waals surface area contributed by atoms with Crippen LogP contribution in [0.4, 0.5) is 16.2 Å². The van der Waals surface area contributed by atoms with Crippen molar-refractivity contribution in [2.24, 2.45) is 0 Å². The topological polar surface area (TPSA) is 70.7 Å². The molecule has 0 heterocycles. The van der Waals surface area contributed by atoms with Crippen molar-refractivity contribution in [2.75, 3.05) is 24.3 Å². The Balaban J connectivity index is 2.17. The molecule has 0 bridgehead atoms. The second kappa shape index (κ2) is 9.46. The predicted octanol–water partition coefficient (Wildman–Crippen LogP) is 4.10. The Morgan fingerprint density at radius 1 is 1.08 bits per heavy atom. The molecule has 0 saturated carbocycles. The molecule has 2 N–H and O–H groups in total. The van der Waals surface area contributed by atoms with Gasteiger partial charge in [0, 0.05) is 25.7 Å². The van der Waals surface area contributed by atoms with E-state index in [2.05, 4.69) is 10.6 Å². The molecule has 3 amide bonds. The summed E-state index contributed by atoms with van der Waals surface area (Å²) in [6, 6.07) is 14.8. The summed E-state index contributed by atoms with van der Waals surface area (Å²) >= 11 is 0. The van der Waals surface area contributed by atoms with Crippen LogP contribution in [0.1, 0.15) is 25.8 Å². The number of rotatable bonds is 7. The second-order valence-electron chi connectivity index (χ2n) is 5.93. The highest BCUT2D eigenvalue weighted by Gasteiger charge is 2.16. The number of anilines is 2. The first-order chi connectivity index (χ1) is 12.5. The number of amides is 3. The molecule has 0 aromatic heterocycles. The van der Waals surface area contributed by atoms with Gasteiger partial charge in [-0.05, 0) is 30.2 Å². The van der Waals surface area contributed by atoms with Crippen molar-refractivity contribution in [3.63, 3.8) is 0 Å².